The Morgan fingerprint density at radius 2 is 1.08 bits per heavy atom. The fraction of sp³-hybridized carbons (Fsp3) is 0.469. The summed E-state index contributed by atoms with van der Waals surface area (Å²) in [6.07, 6.45) is 23.9. The first kappa shape index (κ1) is 40.0. The number of aryl methyl sites for hydroxylation is 2. The van der Waals surface area contributed by atoms with Crippen LogP contribution in [0.25, 0.3) is 28.3 Å². The van der Waals surface area contributed by atoms with Gasteiger partial charge in [-0.3, -0.25) is 0 Å². The van der Waals surface area contributed by atoms with Crippen LogP contribution in [0.15, 0.2) is 102 Å². The van der Waals surface area contributed by atoms with Crippen LogP contribution in [0.1, 0.15) is 147 Å². The van der Waals surface area contributed by atoms with Crippen LogP contribution >= 0.6 is 0 Å². The molecule has 2 nitrogen and oxygen atoms in total. The molecule has 0 amide bonds. The predicted molar refractivity (Wildman–Crippen MR) is 223 cm³/mol. The van der Waals surface area contributed by atoms with E-state index in [0.29, 0.717) is 0 Å². The third-order valence-electron chi connectivity index (χ3n) is 10.3. The third kappa shape index (κ3) is 13.1. The lowest BCUT2D eigenvalue weighted by molar-refractivity contribution is -0.537. The molecular formula is C49H67N2+. The van der Waals surface area contributed by atoms with Gasteiger partial charge in [0, 0.05) is 13.0 Å². The summed E-state index contributed by atoms with van der Waals surface area (Å²) in [5, 5.41) is 5.34. The molecular weight excluding hydrogens is 617 g/mol. The summed E-state index contributed by atoms with van der Waals surface area (Å²) in [7, 11) is 0. The summed E-state index contributed by atoms with van der Waals surface area (Å²) in [4.78, 5) is 0. The number of unbranched alkanes of at least 4 members (excludes halogenated alkanes) is 11. The van der Waals surface area contributed by atoms with Crippen molar-refractivity contribution in [2.45, 2.75) is 144 Å². The van der Waals surface area contributed by atoms with Crippen molar-refractivity contribution < 1.29 is 4.70 Å². The van der Waals surface area contributed by atoms with Crippen LogP contribution in [-0.4, -0.2) is 11.2 Å². The maximum atomic E-state index is 5.34. The van der Waals surface area contributed by atoms with Crippen molar-refractivity contribution in [3.05, 3.63) is 119 Å². The molecule has 2 heteroatoms. The Bertz CT molecular complexity index is 1630. The molecule has 0 aliphatic carbocycles. The molecule has 0 spiro atoms. The van der Waals surface area contributed by atoms with Crippen LogP contribution < -0.4 is 0 Å². The van der Waals surface area contributed by atoms with E-state index in [1.54, 1.807) is 0 Å². The van der Waals surface area contributed by atoms with E-state index >= 15 is 0 Å². The van der Waals surface area contributed by atoms with E-state index in [1.807, 2.05) is 0 Å². The maximum Gasteiger partial charge on any atom is 0.206 e. The van der Waals surface area contributed by atoms with Crippen LogP contribution in [0, 0.1) is 0 Å². The highest BCUT2D eigenvalue weighted by atomic mass is 15.3. The van der Waals surface area contributed by atoms with Gasteiger partial charge < -0.3 is 0 Å². The number of nitrogens with zero attached hydrogens (tertiary/aromatic N) is 2. The van der Waals surface area contributed by atoms with Crippen molar-refractivity contribution in [2.75, 3.05) is 6.54 Å². The normalized spacial score (nSPS) is 12.1. The summed E-state index contributed by atoms with van der Waals surface area (Å²) >= 11 is 0. The molecule has 0 aliphatic heterocycles. The van der Waals surface area contributed by atoms with E-state index in [1.165, 1.54) is 140 Å². The molecule has 0 atom stereocenters. The first-order valence-electron chi connectivity index (χ1n) is 20.6. The standard InChI is InChI=1S/C49H67N2/c1-6-10-13-15-17-21-32-44-37-41(34-35-47(44)42-28-22-19-23-29-42)36-40(5)51(9-4)50-46-38-45(27-12-8-3)48(33-26-18-16-14-11-7-2)49(39-46)43-30-24-20-25-31-43/h19-20,22-25,28-31,34-39H,6-18,21,26-27,32-33H2,1-5H3/q+1. The average Bonchev–Trinajstić information content (AvgIpc) is 3.16. The zero-order valence-corrected chi connectivity index (χ0v) is 32.9. The zero-order valence-electron chi connectivity index (χ0n) is 32.9. The maximum absolute atomic E-state index is 5.34. The van der Waals surface area contributed by atoms with Crippen LogP contribution in [-0.2, 0) is 19.3 Å². The Morgan fingerprint density at radius 3 is 1.69 bits per heavy atom. The second kappa shape index (κ2) is 22.9. The monoisotopic (exact) mass is 684 g/mol. The second-order valence-electron chi connectivity index (χ2n) is 14.5. The van der Waals surface area contributed by atoms with E-state index in [0.717, 1.165) is 31.5 Å². The average molecular weight is 684 g/mol. The van der Waals surface area contributed by atoms with Gasteiger partial charge in [0.25, 0.3) is 0 Å². The molecule has 0 aliphatic rings. The number of allylic oxidation sites excluding steroid dienone is 1. The highest BCUT2D eigenvalue weighted by molar-refractivity contribution is 5.73. The molecule has 0 bridgehead atoms. The first-order chi connectivity index (χ1) is 25.1. The minimum atomic E-state index is 0.819. The Kier molecular flexibility index (Phi) is 18.0. The van der Waals surface area contributed by atoms with E-state index in [-0.39, 0.29) is 0 Å². The molecule has 272 valence electrons. The molecule has 0 radical (unpaired) electrons. The number of benzene rings is 4. The minimum absolute atomic E-state index is 0.819. The van der Waals surface area contributed by atoms with E-state index in [2.05, 4.69) is 136 Å². The summed E-state index contributed by atoms with van der Waals surface area (Å²) in [5.41, 5.74) is 13.3. The van der Waals surface area contributed by atoms with Crippen molar-refractivity contribution >= 4 is 11.8 Å². The third-order valence-corrected chi connectivity index (χ3v) is 10.3. The minimum Gasteiger partial charge on any atom is -0.0885 e. The van der Waals surface area contributed by atoms with Crippen LogP contribution in [0.3, 0.4) is 0 Å². The number of hydrogen-bond donors (Lipinski definition) is 0. The lowest BCUT2D eigenvalue weighted by Crippen LogP contribution is -2.06. The van der Waals surface area contributed by atoms with Gasteiger partial charge >= 0.3 is 0 Å². The van der Waals surface area contributed by atoms with E-state index in [4.69, 9.17) is 5.11 Å². The predicted octanol–water partition coefficient (Wildman–Crippen LogP) is 15.3. The van der Waals surface area contributed by atoms with Crippen LogP contribution in [0.4, 0.5) is 5.69 Å². The van der Waals surface area contributed by atoms with Gasteiger partial charge in [-0.25, -0.2) is 0 Å². The number of hydrogen-bond acceptors (Lipinski definition) is 1. The fourth-order valence-electron chi connectivity index (χ4n) is 7.38. The van der Waals surface area contributed by atoms with Crippen molar-refractivity contribution in [1.29, 1.82) is 0 Å². The lowest BCUT2D eigenvalue weighted by Gasteiger charge is -2.17. The Labute approximate surface area is 312 Å². The highest BCUT2D eigenvalue weighted by Gasteiger charge is 2.16. The van der Waals surface area contributed by atoms with Gasteiger partial charge in [-0.1, -0.05) is 175 Å². The summed E-state index contributed by atoms with van der Waals surface area (Å²) in [6, 6.07) is 33.8. The Morgan fingerprint density at radius 1 is 0.529 bits per heavy atom. The molecule has 0 saturated heterocycles. The smallest absolute Gasteiger partial charge is 0.0885 e. The quantitative estimate of drug-likeness (QED) is 0.0420. The van der Waals surface area contributed by atoms with Gasteiger partial charge in [0.15, 0.2) is 6.54 Å². The van der Waals surface area contributed by atoms with Crippen molar-refractivity contribution in [3.8, 4) is 22.3 Å². The SMILES string of the molecule is CCCCCCCCc1cc(C=C(C)[N+](CC)=Nc2cc(CCCC)c(CCCCCCCC)c(-c3ccccc3)c2)ccc1-c1ccccc1. The van der Waals surface area contributed by atoms with Crippen molar-refractivity contribution in [3.63, 3.8) is 0 Å². The molecule has 0 fully saturated rings. The number of azo groups is 2. The fourth-order valence-corrected chi connectivity index (χ4v) is 7.38. The number of rotatable bonds is 23. The van der Waals surface area contributed by atoms with Crippen LogP contribution in [0.5, 0.6) is 0 Å². The molecule has 0 heterocycles. The van der Waals surface area contributed by atoms with Gasteiger partial charge in [0.2, 0.25) is 5.70 Å². The summed E-state index contributed by atoms with van der Waals surface area (Å²) in [6.45, 7) is 12.1. The molecule has 4 aromatic carbocycles. The zero-order chi connectivity index (χ0) is 36.1. The van der Waals surface area contributed by atoms with Gasteiger partial charge in [0.05, 0.1) is 0 Å². The molecule has 0 aromatic heterocycles. The van der Waals surface area contributed by atoms with Crippen LogP contribution in [0.2, 0.25) is 0 Å². The topological polar surface area (TPSA) is 15.4 Å². The molecule has 4 aromatic rings. The first-order valence-corrected chi connectivity index (χ1v) is 20.6. The summed E-state index contributed by atoms with van der Waals surface area (Å²) < 4.78 is 2.19. The highest BCUT2D eigenvalue weighted by Crippen LogP contribution is 2.34. The van der Waals surface area contributed by atoms with E-state index < -0.39 is 0 Å². The second-order valence-corrected chi connectivity index (χ2v) is 14.5. The van der Waals surface area contributed by atoms with Crippen molar-refractivity contribution in [2.24, 2.45) is 5.11 Å². The van der Waals surface area contributed by atoms with E-state index in [9.17, 15) is 0 Å². The molecule has 0 N–H and O–H groups in total. The van der Waals surface area contributed by atoms with Gasteiger partial charge in [-0.2, -0.15) is 0 Å². The Balaban J connectivity index is 1.66. The molecule has 51 heavy (non-hydrogen) atoms. The summed E-state index contributed by atoms with van der Waals surface area (Å²) in [5.74, 6) is 0. The largest absolute Gasteiger partial charge is 0.206 e. The molecule has 0 unspecified atom stereocenters. The molecule has 0 saturated carbocycles. The molecule has 4 rings (SSSR count). The van der Waals surface area contributed by atoms with Gasteiger partial charge in [-0.15, -0.1) is 0 Å². The van der Waals surface area contributed by atoms with Crippen molar-refractivity contribution in [1.82, 2.24) is 0 Å². The van der Waals surface area contributed by atoms with Gasteiger partial charge in [0.1, 0.15) is 5.69 Å². The Hall–Kier alpha value is -3.78. The van der Waals surface area contributed by atoms with Gasteiger partial charge in [-0.05, 0) is 107 Å². The lowest BCUT2D eigenvalue weighted by atomic mass is 9.89.